The molecular weight excluding hydrogens is 228 g/mol. The zero-order valence-electron chi connectivity index (χ0n) is 10.8. The van der Waals surface area contributed by atoms with Gasteiger partial charge >= 0.3 is 0 Å². The average Bonchev–Trinajstić information content (AvgIpc) is 3.24. The largest absolute Gasteiger partial charge is 0.497 e. The lowest BCUT2D eigenvalue weighted by atomic mass is 10.2. The number of piperazine rings is 1. The van der Waals surface area contributed by atoms with E-state index in [9.17, 15) is 0 Å². The number of hydrogen-bond acceptors (Lipinski definition) is 4. The van der Waals surface area contributed by atoms with E-state index in [-0.39, 0.29) is 0 Å². The van der Waals surface area contributed by atoms with Crippen LogP contribution in [0.3, 0.4) is 0 Å². The maximum absolute atomic E-state index is 5.28. The van der Waals surface area contributed by atoms with Crippen molar-refractivity contribution in [1.29, 1.82) is 0 Å². The Bertz CT molecular complexity index is 381. The molecule has 0 saturated carbocycles. The quantitative estimate of drug-likeness (QED) is 0.749. The summed E-state index contributed by atoms with van der Waals surface area (Å²) in [6, 6.07) is 8.33. The molecule has 4 nitrogen and oxygen atoms in total. The molecule has 0 bridgehead atoms. The molecule has 0 amide bonds. The summed E-state index contributed by atoms with van der Waals surface area (Å²) >= 11 is 0. The normalized spacial score (nSPS) is 24.1. The van der Waals surface area contributed by atoms with Crippen molar-refractivity contribution in [3.63, 3.8) is 0 Å². The van der Waals surface area contributed by atoms with Crippen molar-refractivity contribution in [2.75, 3.05) is 51.3 Å². The van der Waals surface area contributed by atoms with Crippen molar-refractivity contribution in [3.8, 4) is 5.75 Å². The third kappa shape index (κ3) is 2.76. The summed E-state index contributed by atoms with van der Waals surface area (Å²) in [5, 5.41) is 0. The van der Waals surface area contributed by atoms with Gasteiger partial charge in [0.05, 0.1) is 19.8 Å². The summed E-state index contributed by atoms with van der Waals surface area (Å²) in [6.45, 7) is 6.52. The molecule has 1 aromatic carbocycles. The fourth-order valence-corrected chi connectivity index (χ4v) is 2.44. The van der Waals surface area contributed by atoms with Crippen LogP contribution in [0.1, 0.15) is 0 Å². The van der Waals surface area contributed by atoms with Crippen molar-refractivity contribution in [1.82, 2.24) is 4.90 Å². The number of anilines is 1. The van der Waals surface area contributed by atoms with Crippen LogP contribution in [0.4, 0.5) is 5.69 Å². The number of hydrogen-bond donors (Lipinski definition) is 0. The molecule has 0 radical (unpaired) electrons. The highest BCUT2D eigenvalue weighted by molar-refractivity contribution is 5.49. The molecule has 2 saturated heterocycles. The summed E-state index contributed by atoms with van der Waals surface area (Å²) in [5.41, 5.74) is 1.29. The zero-order valence-corrected chi connectivity index (χ0v) is 10.8. The lowest BCUT2D eigenvalue weighted by Crippen LogP contribution is -2.47. The van der Waals surface area contributed by atoms with Crippen LogP contribution in [0, 0.1) is 0 Å². The van der Waals surface area contributed by atoms with E-state index in [2.05, 4.69) is 21.9 Å². The van der Waals surface area contributed by atoms with Crippen LogP contribution in [0.2, 0.25) is 0 Å². The minimum atomic E-state index is 0.512. The highest BCUT2D eigenvalue weighted by atomic mass is 16.6. The summed E-state index contributed by atoms with van der Waals surface area (Å²) < 4.78 is 10.5. The van der Waals surface area contributed by atoms with Gasteiger partial charge in [-0.25, -0.2) is 0 Å². The van der Waals surface area contributed by atoms with Gasteiger partial charge in [0.2, 0.25) is 0 Å². The monoisotopic (exact) mass is 248 g/mol. The molecule has 0 aromatic heterocycles. The standard InChI is InChI=1S/C14H20N2O2/c1-17-13-4-2-12(3-5-13)16-8-6-15(7-9-16)10-14-11-18-14/h2-5,14H,6-11H2,1H3/t14-/m0/s1. The summed E-state index contributed by atoms with van der Waals surface area (Å²) in [4.78, 5) is 4.93. The highest BCUT2D eigenvalue weighted by Gasteiger charge is 2.27. The van der Waals surface area contributed by atoms with Crippen molar-refractivity contribution < 1.29 is 9.47 Å². The summed E-state index contributed by atoms with van der Waals surface area (Å²) in [7, 11) is 1.70. The van der Waals surface area contributed by atoms with E-state index in [1.165, 1.54) is 5.69 Å². The number of methoxy groups -OCH3 is 1. The molecule has 98 valence electrons. The van der Waals surface area contributed by atoms with Gasteiger partial charge in [0.15, 0.2) is 0 Å². The van der Waals surface area contributed by atoms with Crippen molar-refractivity contribution in [3.05, 3.63) is 24.3 Å². The minimum absolute atomic E-state index is 0.512. The Morgan fingerprint density at radius 2 is 1.83 bits per heavy atom. The molecule has 2 aliphatic rings. The van der Waals surface area contributed by atoms with Crippen LogP contribution in [0.25, 0.3) is 0 Å². The Hall–Kier alpha value is -1.26. The Morgan fingerprint density at radius 3 is 2.39 bits per heavy atom. The SMILES string of the molecule is COc1ccc(N2CCN(C[C@H]3CO3)CC2)cc1. The first kappa shape index (κ1) is 11.8. The average molecular weight is 248 g/mol. The first-order chi connectivity index (χ1) is 8.85. The van der Waals surface area contributed by atoms with Gasteiger partial charge in [-0.05, 0) is 24.3 Å². The highest BCUT2D eigenvalue weighted by Crippen LogP contribution is 2.21. The maximum Gasteiger partial charge on any atom is 0.119 e. The number of nitrogens with zero attached hydrogens (tertiary/aromatic N) is 2. The fourth-order valence-electron chi connectivity index (χ4n) is 2.44. The molecule has 1 atom stereocenters. The number of benzene rings is 1. The van der Waals surface area contributed by atoms with Gasteiger partial charge in [-0.3, -0.25) is 4.90 Å². The fraction of sp³-hybridized carbons (Fsp3) is 0.571. The van der Waals surface area contributed by atoms with E-state index in [4.69, 9.17) is 9.47 Å². The van der Waals surface area contributed by atoms with E-state index in [1.807, 2.05) is 12.1 Å². The molecule has 0 spiro atoms. The first-order valence-electron chi connectivity index (χ1n) is 6.58. The van der Waals surface area contributed by atoms with Crippen LogP contribution in [0.5, 0.6) is 5.75 Å². The van der Waals surface area contributed by atoms with Gasteiger partial charge in [0.1, 0.15) is 5.75 Å². The third-order valence-electron chi connectivity index (χ3n) is 3.67. The van der Waals surface area contributed by atoms with E-state index < -0.39 is 0 Å². The minimum Gasteiger partial charge on any atom is -0.497 e. The van der Waals surface area contributed by atoms with E-state index >= 15 is 0 Å². The van der Waals surface area contributed by atoms with Crippen LogP contribution in [-0.2, 0) is 4.74 Å². The van der Waals surface area contributed by atoms with Crippen molar-refractivity contribution >= 4 is 5.69 Å². The van der Waals surface area contributed by atoms with Gasteiger partial charge in [-0.1, -0.05) is 0 Å². The predicted molar refractivity (Wildman–Crippen MR) is 71.4 cm³/mol. The molecule has 0 aliphatic carbocycles. The second-order valence-corrected chi connectivity index (χ2v) is 4.94. The van der Waals surface area contributed by atoms with E-state index in [0.29, 0.717) is 6.10 Å². The smallest absolute Gasteiger partial charge is 0.119 e. The maximum atomic E-state index is 5.28. The van der Waals surface area contributed by atoms with E-state index in [0.717, 1.165) is 45.1 Å². The molecule has 2 aliphatic heterocycles. The van der Waals surface area contributed by atoms with Crippen molar-refractivity contribution in [2.45, 2.75) is 6.10 Å². The lowest BCUT2D eigenvalue weighted by molar-refractivity contribution is 0.230. The van der Waals surface area contributed by atoms with Gasteiger partial charge in [0.25, 0.3) is 0 Å². The number of ether oxygens (including phenoxy) is 2. The summed E-state index contributed by atoms with van der Waals surface area (Å²) in [6.07, 6.45) is 0.512. The third-order valence-corrected chi connectivity index (χ3v) is 3.67. The Morgan fingerprint density at radius 1 is 1.17 bits per heavy atom. The molecular formula is C14H20N2O2. The Labute approximate surface area is 108 Å². The van der Waals surface area contributed by atoms with Crippen LogP contribution >= 0.6 is 0 Å². The Kier molecular flexibility index (Phi) is 3.39. The summed E-state index contributed by atoms with van der Waals surface area (Å²) in [5.74, 6) is 0.920. The first-order valence-corrected chi connectivity index (χ1v) is 6.58. The molecule has 2 heterocycles. The topological polar surface area (TPSA) is 28.2 Å². The Balaban J connectivity index is 1.54. The molecule has 18 heavy (non-hydrogen) atoms. The van der Waals surface area contributed by atoms with E-state index in [1.54, 1.807) is 7.11 Å². The van der Waals surface area contributed by atoms with Crippen molar-refractivity contribution in [2.24, 2.45) is 0 Å². The molecule has 0 unspecified atom stereocenters. The van der Waals surface area contributed by atoms with Crippen LogP contribution in [0.15, 0.2) is 24.3 Å². The van der Waals surface area contributed by atoms with Crippen LogP contribution < -0.4 is 9.64 Å². The molecule has 2 fully saturated rings. The molecule has 1 aromatic rings. The van der Waals surface area contributed by atoms with Crippen LogP contribution in [-0.4, -0.2) is 57.4 Å². The van der Waals surface area contributed by atoms with Gasteiger partial charge in [-0.15, -0.1) is 0 Å². The second kappa shape index (κ2) is 5.16. The zero-order chi connectivity index (χ0) is 12.4. The molecule has 0 N–H and O–H groups in total. The second-order valence-electron chi connectivity index (χ2n) is 4.94. The lowest BCUT2D eigenvalue weighted by Gasteiger charge is -2.35. The molecule has 4 heteroatoms. The van der Waals surface area contributed by atoms with Gasteiger partial charge in [-0.2, -0.15) is 0 Å². The predicted octanol–water partition coefficient (Wildman–Crippen LogP) is 1.22. The number of epoxide rings is 1. The molecule has 3 rings (SSSR count). The number of rotatable bonds is 4. The van der Waals surface area contributed by atoms with Gasteiger partial charge in [0, 0.05) is 38.4 Å². The van der Waals surface area contributed by atoms with Gasteiger partial charge < -0.3 is 14.4 Å².